The number of carbonyl (C=O) groups is 2. The number of aryl methyl sites for hydroxylation is 1. The van der Waals surface area contributed by atoms with Gasteiger partial charge in [-0.05, 0) is 36.2 Å². The van der Waals surface area contributed by atoms with Crippen LogP contribution in [0, 0.1) is 6.92 Å². The predicted octanol–water partition coefficient (Wildman–Crippen LogP) is 3.79. The maximum Gasteiger partial charge on any atom is 0.253 e. The van der Waals surface area contributed by atoms with Crippen molar-refractivity contribution in [3.8, 4) is 11.5 Å². The van der Waals surface area contributed by atoms with E-state index in [0.717, 1.165) is 11.1 Å². The van der Waals surface area contributed by atoms with E-state index in [2.05, 4.69) is 10.6 Å². The van der Waals surface area contributed by atoms with Crippen LogP contribution in [-0.4, -0.2) is 26.0 Å². The van der Waals surface area contributed by atoms with Crippen LogP contribution < -0.4 is 20.1 Å². The molecule has 2 aromatic carbocycles. The average Bonchev–Trinajstić information content (AvgIpc) is 2.69. The molecule has 0 aromatic heterocycles. The second-order valence-electron chi connectivity index (χ2n) is 6.45. The van der Waals surface area contributed by atoms with E-state index >= 15 is 0 Å². The normalized spacial score (nSPS) is 16.1. The molecule has 1 aliphatic rings. The van der Waals surface area contributed by atoms with Gasteiger partial charge in [-0.15, -0.1) is 0 Å². The van der Waals surface area contributed by atoms with Gasteiger partial charge in [0.05, 0.1) is 14.2 Å². The molecule has 3 rings (SSSR count). The molecule has 6 nitrogen and oxygen atoms in total. The number of ether oxygens (including phenoxy) is 2. The van der Waals surface area contributed by atoms with Crippen LogP contribution in [0.25, 0.3) is 0 Å². The number of anilines is 1. The van der Waals surface area contributed by atoms with Crippen molar-refractivity contribution in [3.63, 3.8) is 0 Å². The van der Waals surface area contributed by atoms with Gasteiger partial charge in [0.25, 0.3) is 5.91 Å². The van der Waals surface area contributed by atoms with E-state index in [1.165, 1.54) is 13.3 Å². The van der Waals surface area contributed by atoms with Crippen LogP contribution in [0.4, 0.5) is 5.69 Å². The smallest absolute Gasteiger partial charge is 0.253 e. The third-order valence-electron chi connectivity index (χ3n) is 4.67. The summed E-state index contributed by atoms with van der Waals surface area (Å²) in [6, 6.07) is 10.7. The molecule has 1 aliphatic heterocycles. The van der Waals surface area contributed by atoms with Gasteiger partial charge in [-0.1, -0.05) is 23.7 Å². The van der Waals surface area contributed by atoms with Crippen molar-refractivity contribution in [2.45, 2.75) is 19.3 Å². The summed E-state index contributed by atoms with van der Waals surface area (Å²) in [5.41, 5.74) is 2.76. The number of hydrogen-bond donors (Lipinski definition) is 2. The van der Waals surface area contributed by atoms with Gasteiger partial charge in [-0.2, -0.15) is 0 Å². The Kier molecular flexibility index (Phi) is 5.90. The zero-order valence-electron chi connectivity index (χ0n) is 15.8. The molecule has 2 N–H and O–H groups in total. The number of benzene rings is 2. The summed E-state index contributed by atoms with van der Waals surface area (Å²) in [5.74, 6) is 0.310. The van der Waals surface area contributed by atoms with Gasteiger partial charge in [0, 0.05) is 40.9 Å². The summed E-state index contributed by atoms with van der Waals surface area (Å²) in [6.07, 6.45) is 1.66. The van der Waals surface area contributed by atoms with Crippen LogP contribution >= 0.6 is 11.6 Å². The van der Waals surface area contributed by atoms with Crippen LogP contribution in [0.2, 0.25) is 5.02 Å². The second kappa shape index (κ2) is 8.35. The number of rotatable bonds is 5. The van der Waals surface area contributed by atoms with E-state index in [1.54, 1.807) is 31.4 Å². The minimum absolute atomic E-state index is 0.140. The molecule has 0 saturated carbocycles. The van der Waals surface area contributed by atoms with Gasteiger partial charge in [-0.25, -0.2) is 0 Å². The fraction of sp³-hybridized carbons (Fsp3) is 0.238. The van der Waals surface area contributed by atoms with Crippen molar-refractivity contribution < 1.29 is 19.1 Å². The van der Waals surface area contributed by atoms with E-state index in [9.17, 15) is 9.59 Å². The Hall–Kier alpha value is -2.99. The summed E-state index contributed by atoms with van der Waals surface area (Å²) in [7, 11) is 3.09. The van der Waals surface area contributed by atoms with E-state index in [0.29, 0.717) is 27.8 Å². The first-order valence-electron chi connectivity index (χ1n) is 8.71. The fourth-order valence-electron chi connectivity index (χ4n) is 3.14. The maximum absolute atomic E-state index is 13.0. The van der Waals surface area contributed by atoms with Crippen LogP contribution in [0.5, 0.6) is 11.5 Å². The Morgan fingerprint density at radius 3 is 2.43 bits per heavy atom. The number of hydrogen-bond acceptors (Lipinski definition) is 4. The second-order valence-corrected chi connectivity index (χ2v) is 6.89. The van der Waals surface area contributed by atoms with Crippen molar-refractivity contribution in [2.24, 2.45) is 0 Å². The van der Waals surface area contributed by atoms with Crippen molar-refractivity contribution >= 4 is 29.1 Å². The van der Waals surface area contributed by atoms with Crippen LogP contribution in [0.15, 0.2) is 48.2 Å². The lowest BCUT2D eigenvalue weighted by Crippen LogP contribution is -2.32. The molecular formula is C21H21ClN2O4. The number of amides is 2. The first-order valence-corrected chi connectivity index (χ1v) is 9.09. The standard InChI is InChI=1S/C21H21ClN2O4/c1-12-8-18(27-2)19(28-3)10-17(12)24-21(26)16-11-23-20(25)9-15(16)13-4-6-14(22)7-5-13/h4-8,10-11,15H,9H2,1-3H3,(H,23,25)(H,24,26). The Labute approximate surface area is 168 Å². The monoisotopic (exact) mass is 400 g/mol. The van der Waals surface area contributed by atoms with Gasteiger partial charge in [-0.3, -0.25) is 9.59 Å². The highest BCUT2D eigenvalue weighted by atomic mass is 35.5. The molecule has 0 saturated heterocycles. The minimum Gasteiger partial charge on any atom is -0.493 e. The summed E-state index contributed by atoms with van der Waals surface area (Å²) in [4.78, 5) is 24.9. The molecule has 28 heavy (non-hydrogen) atoms. The molecule has 7 heteroatoms. The highest BCUT2D eigenvalue weighted by Crippen LogP contribution is 2.35. The van der Waals surface area contributed by atoms with E-state index in [1.807, 2.05) is 19.1 Å². The van der Waals surface area contributed by atoms with E-state index in [4.69, 9.17) is 21.1 Å². The van der Waals surface area contributed by atoms with Gasteiger partial charge in [0.2, 0.25) is 5.91 Å². The molecule has 2 amide bonds. The molecule has 1 heterocycles. The Morgan fingerprint density at radius 2 is 1.79 bits per heavy atom. The molecule has 0 aliphatic carbocycles. The lowest BCUT2D eigenvalue weighted by atomic mass is 9.86. The summed E-state index contributed by atoms with van der Waals surface area (Å²) in [6.45, 7) is 1.87. The van der Waals surface area contributed by atoms with Gasteiger partial charge in [0.15, 0.2) is 11.5 Å². The van der Waals surface area contributed by atoms with Crippen LogP contribution in [0.3, 0.4) is 0 Å². The fourth-order valence-corrected chi connectivity index (χ4v) is 3.27. The molecular weight excluding hydrogens is 380 g/mol. The van der Waals surface area contributed by atoms with Crippen LogP contribution in [-0.2, 0) is 9.59 Å². The Balaban J connectivity index is 1.90. The zero-order chi connectivity index (χ0) is 20.3. The number of nitrogens with one attached hydrogen (secondary N) is 2. The molecule has 1 atom stereocenters. The lowest BCUT2D eigenvalue weighted by Gasteiger charge is -2.24. The maximum atomic E-state index is 13.0. The largest absolute Gasteiger partial charge is 0.493 e. The molecule has 2 aromatic rings. The first kappa shape index (κ1) is 19.8. The van der Waals surface area contributed by atoms with Gasteiger partial charge < -0.3 is 20.1 Å². The summed E-state index contributed by atoms with van der Waals surface area (Å²) in [5, 5.41) is 6.14. The van der Waals surface area contributed by atoms with Crippen molar-refractivity contribution in [3.05, 3.63) is 64.3 Å². The molecule has 0 spiro atoms. The van der Waals surface area contributed by atoms with Crippen molar-refractivity contribution in [1.29, 1.82) is 0 Å². The molecule has 1 unspecified atom stereocenters. The van der Waals surface area contributed by atoms with Gasteiger partial charge in [0.1, 0.15) is 0 Å². The number of methoxy groups -OCH3 is 2. The highest BCUT2D eigenvalue weighted by molar-refractivity contribution is 6.30. The highest BCUT2D eigenvalue weighted by Gasteiger charge is 2.29. The molecule has 0 bridgehead atoms. The van der Waals surface area contributed by atoms with E-state index < -0.39 is 0 Å². The minimum atomic E-state index is -0.355. The number of carbonyl (C=O) groups excluding carboxylic acids is 2. The quantitative estimate of drug-likeness (QED) is 0.800. The zero-order valence-corrected chi connectivity index (χ0v) is 16.6. The van der Waals surface area contributed by atoms with E-state index in [-0.39, 0.29) is 24.2 Å². The Morgan fingerprint density at radius 1 is 1.14 bits per heavy atom. The number of halogens is 1. The first-order chi connectivity index (χ1) is 13.4. The summed E-state index contributed by atoms with van der Waals surface area (Å²) < 4.78 is 10.6. The van der Waals surface area contributed by atoms with Crippen molar-refractivity contribution in [2.75, 3.05) is 19.5 Å². The third-order valence-corrected chi connectivity index (χ3v) is 4.92. The lowest BCUT2D eigenvalue weighted by molar-refractivity contribution is -0.121. The topological polar surface area (TPSA) is 76.7 Å². The average molecular weight is 401 g/mol. The SMILES string of the molecule is COc1cc(C)c(NC(=O)C2=CNC(=O)CC2c2ccc(Cl)cc2)cc1OC. The molecule has 146 valence electrons. The molecule has 0 fully saturated rings. The predicted molar refractivity (Wildman–Crippen MR) is 108 cm³/mol. The summed E-state index contributed by atoms with van der Waals surface area (Å²) >= 11 is 5.96. The van der Waals surface area contributed by atoms with Crippen LogP contribution in [0.1, 0.15) is 23.5 Å². The molecule has 0 radical (unpaired) electrons. The third kappa shape index (κ3) is 4.12. The van der Waals surface area contributed by atoms with Crippen molar-refractivity contribution in [1.82, 2.24) is 5.32 Å². The van der Waals surface area contributed by atoms with Gasteiger partial charge >= 0.3 is 0 Å². The Bertz CT molecular complexity index is 938.